The molecule has 3 N–H and O–H groups in total. The van der Waals surface area contributed by atoms with E-state index in [0.29, 0.717) is 11.8 Å². The number of rotatable bonds is 1. The Labute approximate surface area is 68.8 Å². The van der Waals surface area contributed by atoms with Crippen LogP contribution in [0.1, 0.15) is 33.1 Å². The molecule has 0 aromatic carbocycles. The zero-order valence-electron chi connectivity index (χ0n) is 7.46. The van der Waals surface area contributed by atoms with Gasteiger partial charge in [0, 0.05) is 12.0 Å². The van der Waals surface area contributed by atoms with Crippen molar-refractivity contribution in [3.8, 4) is 0 Å². The molecule has 11 heavy (non-hydrogen) atoms. The van der Waals surface area contributed by atoms with Crippen molar-refractivity contribution >= 4 is 0 Å². The van der Waals surface area contributed by atoms with Crippen molar-refractivity contribution in [2.24, 2.45) is 17.6 Å². The highest BCUT2D eigenvalue weighted by atomic mass is 16.3. The lowest BCUT2D eigenvalue weighted by Crippen LogP contribution is -2.44. The van der Waals surface area contributed by atoms with E-state index in [1.54, 1.807) is 0 Å². The van der Waals surface area contributed by atoms with E-state index in [1.807, 2.05) is 0 Å². The summed E-state index contributed by atoms with van der Waals surface area (Å²) in [5, 5.41) is 9.63. The topological polar surface area (TPSA) is 46.2 Å². The second kappa shape index (κ2) is 3.55. The molecule has 2 heteroatoms. The molecule has 0 aromatic rings. The molecule has 1 aliphatic rings. The molecule has 0 bridgehead atoms. The maximum atomic E-state index is 9.63. The van der Waals surface area contributed by atoms with Gasteiger partial charge in [-0.15, -0.1) is 0 Å². The third-order valence-corrected chi connectivity index (χ3v) is 2.75. The lowest BCUT2D eigenvalue weighted by Gasteiger charge is -2.35. The van der Waals surface area contributed by atoms with Gasteiger partial charge >= 0.3 is 0 Å². The standard InChI is InChI=1S/C9H19NO/c1-6(2)9-7(10)4-3-5-8(9)11/h6-9,11H,3-5,10H2,1-2H3/t7-,8+,9-/m0/s1. The number of aliphatic hydroxyl groups excluding tert-OH is 1. The molecule has 66 valence electrons. The molecule has 0 radical (unpaired) electrons. The third kappa shape index (κ3) is 1.94. The monoisotopic (exact) mass is 157 g/mol. The molecule has 0 aromatic heterocycles. The summed E-state index contributed by atoms with van der Waals surface area (Å²) in [7, 11) is 0. The van der Waals surface area contributed by atoms with Crippen LogP contribution < -0.4 is 5.73 Å². The second-order valence-electron chi connectivity index (χ2n) is 3.98. The molecule has 0 amide bonds. The van der Waals surface area contributed by atoms with Gasteiger partial charge in [-0.05, 0) is 25.2 Å². The Morgan fingerprint density at radius 1 is 1.36 bits per heavy atom. The smallest absolute Gasteiger partial charge is 0.0585 e. The van der Waals surface area contributed by atoms with E-state index in [9.17, 15) is 5.11 Å². The summed E-state index contributed by atoms with van der Waals surface area (Å²) in [5.41, 5.74) is 5.91. The van der Waals surface area contributed by atoms with Gasteiger partial charge in [-0.1, -0.05) is 13.8 Å². The number of hydrogen-bond acceptors (Lipinski definition) is 2. The SMILES string of the molecule is CC(C)[C@@H]1[C@H](O)CCC[C@@H]1N. The van der Waals surface area contributed by atoms with Gasteiger partial charge in [-0.25, -0.2) is 0 Å². The van der Waals surface area contributed by atoms with E-state index in [4.69, 9.17) is 5.73 Å². The maximum Gasteiger partial charge on any atom is 0.0585 e. The summed E-state index contributed by atoms with van der Waals surface area (Å²) < 4.78 is 0. The van der Waals surface area contributed by atoms with Crippen LogP contribution in [0.25, 0.3) is 0 Å². The highest BCUT2D eigenvalue weighted by Crippen LogP contribution is 2.29. The van der Waals surface area contributed by atoms with E-state index in [-0.39, 0.29) is 12.1 Å². The summed E-state index contributed by atoms with van der Waals surface area (Å²) in [5.74, 6) is 0.837. The third-order valence-electron chi connectivity index (χ3n) is 2.75. The van der Waals surface area contributed by atoms with Gasteiger partial charge in [0.05, 0.1) is 6.10 Å². The van der Waals surface area contributed by atoms with Gasteiger partial charge < -0.3 is 10.8 Å². The van der Waals surface area contributed by atoms with E-state index in [2.05, 4.69) is 13.8 Å². The predicted molar refractivity (Wildman–Crippen MR) is 46.2 cm³/mol. The Kier molecular flexibility index (Phi) is 2.90. The van der Waals surface area contributed by atoms with Crippen LogP contribution in [0.4, 0.5) is 0 Å². The van der Waals surface area contributed by atoms with Gasteiger partial charge in [0.1, 0.15) is 0 Å². The fourth-order valence-corrected chi connectivity index (χ4v) is 2.17. The molecule has 1 rings (SSSR count). The Bertz CT molecular complexity index is 115. The van der Waals surface area contributed by atoms with Crippen LogP contribution in [0, 0.1) is 11.8 Å². The van der Waals surface area contributed by atoms with Gasteiger partial charge in [-0.2, -0.15) is 0 Å². The highest BCUT2D eigenvalue weighted by molar-refractivity contribution is 4.85. The largest absolute Gasteiger partial charge is 0.393 e. The average Bonchev–Trinajstić information content (AvgIpc) is 1.85. The van der Waals surface area contributed by atoms with Crippen LogP contribution in [0.2, 0.25) is 0 Å². The number of hydrogen-bond donors (Lipinski definition) is 2. The van der Waals surface area contributed by atoms with E-state index < -0.39 is 0 Å². The van der Waals surface area contributed by atoms with Crippen LogP contribution in [0.3, 0.4) is 0 Å². The van der Waals surface area contributed by atoms with Crippen molar-refractivity contribution in [1.82, 2.24) is 0 Å². The first-order valence-corrected chi connectivity index (χ1v) is 4.56. The maximum absolute atomic E-state index is 9.63. The van der Waals surface area contributed by atoms with E-state index in [0.717, 1.165) is 19.3 Å². The summed E-state index contributed by atoms with van der Waals surface area (Å²) in [6.07, 6.45) is 2.96. The second-order valence-corrected chi connectivity index (χ2v) is 3.98. The number of nitrogens with two attached hydrogens (primary N) is 1. The molecule has 1 saturated carbocycles. The van der Waals surface area contributed by atoms with Crippen LogP contribution >= 0.6 is 0 Å². The van der Waals surface area contributed by atoms with Crippen molar-refractivity contribution in [2.75, 3.05) is 0 Å². The van der Waals surface area contributed by atoms with Gasteiger partial charge in [-0.3, -0.25) is 0 Å². The minimum atomic E-state index is -0.154. The van der Waals surface area contributed by atoms with Crippen LogP contribution in [0.15, 0.2) is 0 Å². The van der Waals surface area contributed by atoms with Crippen molar-refractivity contribution in [1.29, 1.82) is 0 Å². The first kappa shape index (κ1) is 9.01. The molecule has 0 heterocycles. The zero-order valence-corrected chi connectivity index (χ0v) is 7.46. The first-order chi connectivity index (χ1) is 5.13. The molecule has 1 fully saturated rings. The molecular weight excluding hydrogens is 138 g/mol. The molecular formula is C9H19NO. The fourth-order valence-electron chi connectivity index (χ4n) is 2.17. The van der Waals surface area contributed by atoms with E-state index in [1.165, 1.54) is 0 Å². The molecule has 2 nitrogen and oxygen atoms in total. The summed E-state index contributed by atoms with van der Waals surface area (Å²) in [6.45, 7) is 4.28. The van der Waals surface area contributed by atoms with Crippen LogP contribution in [-0.4, -0.2) is 17.3 Å². The minimum Gasteiger partial charge on any atom is -0.393 e. The van der Waals surface area contributed by atoms with Crippen molar-refractivity contribution in [2.45, 2.75) is 45.3 Å². The molecule has 0 aliphatic heterocycles. The predicted octanol–water partition coefficient (Wildman–Crippen LogP) is 1.13. The van der Waals surface area contributed by atoms with Gasteiger partial charge in [0.15, 0.2) is 0 Å². The summed E-state index contributed by atoms with van der Waals surface area (Å²) in [6, 6.07) is 0.221. The summed E-state index contributed by atoms with van der Waals surface area (Å²) in [4.78, 5) is 0. The summed E-state index contributed by atoms with van der Waals surface area (Å²) >= 11 is 0. The van der Waals surface area contributed by atoms with Gasteiger partial charge in [0.25, 0.3) is 0 Å². The van der Waals surface area contributed by atoms with Crippen LogP contribution in [-0.2, 0) is 0 Å². The van der Waals surface area contributed by atoms with Crippen LogP contribution in [0.5, 0.6) is 0 Å². The minimum absolute atomic E-state index is 0.154. The van der Waals surface area contributed by atoms with Crippen molar-refractivity contribution in [3.63, 3.8) is 0 Å². The van der Waals surface area contributed by atoms with Crippen molar-refractivity contribution < 1.29 is 5.11 Å². The molecule has 0 saturated heterocycles. The average molecular weight is 157 g/mol. The quantitative estimate of drug-likeness (QED) is 0.599. The lowest BCUT2D eigenvalue weighted by atomic mass is 9.76. The van der Waals surface area contributed by atoms with E-state index >= 15 is 0 Å². The van der Waals surface area contributed by atoms with Crippen molar-refractivity contribution in [3.05, 3.63) is 0 Å². The molecule has 0 unspecified atom stereocenters. The lowest BCUT2D eigenvalue weighted by molar-refractivity contribution is 0.0328. The Morgan fingerprint density at radius 2 is 2.00 bits per heavy atom. The Balaban J connectivity index is 2.55. The zero-order chi connectivity index (χ0) is 8.43. The Hall–Kier alpha value is -0.0800. The molecule has 1 aliphatic carbocycles. The van der Waals surface area contributed by atoms with Gasteiger partial charge in [0.2, 0.25) is 0 Å². The normalized spacial score (nSPS) is 39.5. The highest BCUT2D eigenvalue weighted by Gasteiger charge is 2.31. The number of aliphatic hydroxyl groups is 1. The Morgan fingerprint density at radius 3 is 2.36 bits per heavy atom. The first-order valence-electron chi connectivity index (χ1n) is 4.56. The molecule has 0 spiro atoms. The molecule has 3 atom stereocenters. The fraction of sp³-hybridized carbons (Fsp3) is 1.00.